The van der Waals surface area contributed by atoms with Gasteiger partial charge in [0.2, 0.25) is 5.91 Å². The molecule has 1 rings (SSSR count). The zero-order chi connectivity index (χ0) is 16.4. The first-order valence-electron chi connectivity index (χ1n) is 7.44. The third kappa shape index (κ3) is 7.08. The van der Waals surface area contributed by atoms with Gasteiger partial charge in [-0.1, -0.05) is 12.1 Å². The fourth-order valence-corrected chi connectivity index (χ4v) is 2.04. The lowest BCUT2D eigenvalue weighted by molar-refractivity contribution is -0.120. The fourth-order valence-electron chi connectivity index (χ4n) is 2.04. The number of carbonyl (C=O) groups is 2. The molecule has 0 aliphatic heterocycles. The van der Waals surface area contributed by atoms with E-state index in [0.717, 1.165) is 25.1 Å². The Bertz CT molecular complexity index is 474. The normalized spacial score (nSPS) is 10.4. The fraction of sp³-hybridized carbons (Fsp3) is 0.500. The molecule has 0 aliphatic rings. The Morgan fingerprint density at radius 3 is 2.50 bits per heavy atom. The molecule has 22 heavy (non-hydrogen) atoms. The Kier molecular flexibility index (Phi) is 7.99. The van der Waals surface area contributed by atoms with Crippen LogP contribution in [-0.2, 0) is 11.2 Å². The van der Waals surface area contributed by atoms with Crippen molar-refractivity contribution in [2.75, 3.05) is 33.8 Å². The number of methoxy groups -OCH3 is 1. The molecule has 0 atom stereocenters. The topological polar surface area (TPSA) is 70.7 Å². The molecule has 0 saturated carbocycles. The lowest BCUT2D eigenvalue weighted by atomic mass is 10.1. The van der Waals surface area contributed by atoms with Gasteiger partial charge in [0, 0.05) is 6.54 Å². The minimum absolute atomic E-state index is 0.208. The van der Waals surface area contributed by atoms with E-state index in [-0.39, 0.29) is 12.5 Å². The van der Waals surface area contributed by atoms with Crippen molar-refractivity contribution in [3.8, 4) is 5.75 Å². The van der Waals surface area contributed by atoms with Crippen LogP contribution in [0.3, 0.4) is 0 Å². The smallest absolute Gasteiger partial charge is 0.321 e. The molecule has 6 heteroatoms. The van der Waals surface area contributed by atoms with E-state index in [9.17, 15) is 9.59 Å². The maximum absolute atomic E-state index is 11.6. The quantitative estimate of drug-likeness (QED) is 0.762. The summed E-state index contributed by atoms with van der Waals surface area (Å²) in [6.07, 6.45) is 1.88. The van der Waals surface area contributed by atoms with E-state index in [4.69, 9.17) is 4.74 Å². The van der Waals surface area contributed by atoms with Crippen molar-refractivity contribution in [3.05, 3.63) is 29.8 Å². The van der Waals surface area contributed by atoms with Crippen LogP contribution < -0.4 is 15.4 Å². The Hall–Kier alpha value is -2.08. The summed E-state index contributed by atoms with van der Waals surface area (Å²) < 4.78 is 5.12. The van der Waals surface area contributed by atoms with Gasteiger partial charge in [0.15, 0.2) is 0 Å². The number of rotatable bonds is 8. The van der Waals surface area contributed by atoms with Gasteiger partial charge in [-0.3, -0.25) is 15.0 Å². The largest absolute Gasteiger partial charge is 0.497 e. The number of nitrogens with one attached hydrogen (secondary N) is 2. The molecule has 0 radical (unpaired) electrons. The molecule has 3 amide bonds. The molecule has 122 valence electrons. The summed E-state index contributed by atoms with van der Waals surface area (Å²) in [7, 11) is 3.51. The SMILES string of the molecule is CCNC(=O)NC(=O)CN(C)CCCc1ccc(OC)cc1. The standard InChI is InChI=1S/C16H25N3O3/c1-4-17-16(21)18-15(20)12-19(2)11-5-6-13-7-9-14(22-3)10-8-13/h7-10H,4-6,11-12H2,1-3H3,(H2,17,18,20,21). The van der Waals surface area contributed by atoms with Crippen molar-refractivity contribution >= 4 is 11.9 Å². The molecule has 0 aliphatic carbocycles. The number of ether oxygens (including phenoxy) is 1. The number of imide groups is 1. The molecule has 0 spiro atoms. The first-order valence-corrected chi connectivity index (χ1v) is 7.44. The Labute approximate surface area is 131 Å². The third-order valence-corrected chi connectivity index (χ3v) is 3.17. The summed E-state index contributed by atoms with van der Waals surface area (Å²) in [6, 6.07) is 7.53. The van der Waals surface area contributed by atoms with Gasteiger partial charge in [-0.05, 0) is 51.1 Å². The average Bonchev–Trinajstić information content (AvgIpc) is 2.47. The van der Waals surface area contributed by atoms with Crippen molar-refractivity contribution < 1.29 is 14.3 Å². The van der Waals surface area contributed by atoms with Gasteiger partial charge in [0.25, 0.3) is 0 Å². The lowest BCUT2D eigenvalue weighted by Crippen LogP contribution is -2.43. The van der Waals surface area contributed by atoms with Crippen LogP contribution in [0.5, 0.6) is 5.75 Å². The van der Waals surface area contributed by atoms with Crippen LogP contribution in [0.25, 0.3) is 0 Å². The van der Waals surface area contributed by atoms with Crippen molar-refractivity contribution in [2.45, 2.75) is 19.8 Å². The maximum Gasteiger partial charge on any atom is 0.321 e. The molecule has 0 heterocycles. The Balaban J connectivity index is 2.23. The van der Waals surface area contributed by atoms with E-state index in [0.29, 0.717) is 6.54 Å². The average molecular weight is 307 g/mol. The van der Waals surface area contributed by atoms with E-state index in [1.165, 1.54) is 5.56 Å². The molecular weight excluding hydrogens is 282 g/mol. The van der Waals surface area contributed by atoms with E-state index >= 15 is 0 Å². The van der Waals surface area contributed by atoms with E-state index in [2.05, 4.69) is 10.6 Å². The van der Waals surface area contributed by atoms with Crippen LogP contribution in [0.15, 0.2) is 24.3 Å². The molecule has 2 N–H and O–H groups in total. The number of amides is 3. The summed E-state index contributed by atoms with van der Waals surface area (Å²) in [4.78, 5) is 24.7. The molecule has 0 unspecified atom stereocenters. The number of hydrogen-bond donors (Lipinski definition) is 2. The van der Waals surface area contributed by atoms with Gasteiger partial charge in [-0.15, -0.1) is 0 Å². The summed E-state index contributed by atoms with van der Waals surface area (Å²) in [6.45, 7) is 3.29. The molecule has 1 aromatic rings. The summed E-state index contributed by atoms with van der Waals surface area (Å²) >= 11 is 0. The van der Waals surface area contributed by atoms with Gasteiger partial charge < -0.3 is 10.1 Å². The second-order valence-corrected chi connectivity index (χ2v) is 5.10. The van der Waals surface area contributed by atoms with E-state index < -0.39 is 6.03 Å². The van der Waals surface area contributed by atoms with Crippen molar-refractivity contribution in [2.24, 2.45) is 0 Å². The number of hydrogen-bond acceptors (Lipinski definition) is 4. The summed E-state index contributed by atoms with van der Waals surface area (Å²) in [5, 5.41) is 4.81. The number of likely N-dealkylation sites (N-methyl/N-ethyl adjacent to an activating group) is 1. The zero-order valence-electron chi connectivity index (χ0n) is 13.5. The van der Waals surface area contributed by atoms with Gasteiger partial charge in [0.1, 0.15) is 5.75 Å². The summed E-state index contributed by atoms with van der Waals surface area (Å²) in [5.74, 6) is 0.556. The summed E-state index contributed by atoms with van der Waals surface area (Å²) in [5.41, 5.74) is 1.24. The minimum Gasteiger partial charge on any atom is -0.497 e. The van der Waals surface area contributed by atoms with Crippen molar-refractivity contribution in [1.82, 2.24) is 15.5 Å². The van der Waals surface area contributed by atoms with Crippen molar-refractivity contribution in [1.29, 1.82) is 0 Å². The number of benzene rings is 1. The lowest BCUT2D eigenvalue weighted by Gasteiger charge is -2.15. The third-order valence-electron chi connectivity index (χ3n) is 3.17. The zero-order valence-corrected chi connectivity index (χ0v) is 13.5. The maximum atomic E-state index is 11.6. The van der Waals surface area contributed by atoms with Crippen molar-refractivity contribution in [3.63, 3.8) is 0 Å². The first-order chi connectivity index (χ1) is 10.5. The first kappa shape index (κ1) is 18.0. The predicted octanol–water partition coefficient (Wildman–Crippen LogP) is 1.41. The van der Waals surface area contributed by atoms with Gasteiger partial charge in [-0.2, -0.15) is 0 Å². The van der Waals surface area contributed by atoms with Gasteiger partial charge in [0.05, 0.1) is 13.7 Å². The molecule has 0 aromatic heterocycles. The second kappa shape index (κ2) is 9.78. The van der Waals surface area contributed by atoms with Gasteiger partial charge in [-0.25, -0.2) is 4.79 Å². The molecule has 0 fully saturated rings. The van der Waals surface area contributed by atoms with Crippen LogP contribution in [0.4, 0.5) is 4.79 Å². The highest BCUT2D eigenvalue weighted by Crippen LogP contribution is 2.12. The van der Waals surface area contributed by atoms with Crippen LogP contribution >= 0.6 is 0 Å². The Morgan fingerprint density at radius 1 is 1.23 bits per heavy atom. The van der Waals surface area contributed by atoms with E-state index in [1.807, 2.05) is 36.2 Å². The predicted molar refractivity (Wildman–Crippen MR) is 86.0 cm³/mol. The molecule has 0 saturated heterocycles. The minimum atomic E-state index is -0.445. The molecule has 0 bridgehead atoms. The number of carbonyl (C=O) groups excluding carboxylic acids is 2. The monoisotopic (exact) mass is 307 g/mol. The highest BCUT2D eigenvalue weighted by atomic mass is 16.5. The van der Waals surface area contributed by atoms with Gasteiger partial charge >= 0.3 is 6.03 Å². The number of aryl methyl sites for hydroxylation is 1. The number of urea groups is 1. The van der Waals surface area contributed by atoms with Crippen LogP contribution in [0.2, 0.25) is 0 Å². The van der Waals surface area contributed by atoms with Crippen LogP contribution in [-0.4, -0.2) is 50.6 Å². The molecule has 1 aromatic carbocycles. The number of nitrogens with zero attached hydrogens (tertiary/aromatic N) is 1. The highest BCUT2D eigenvalue weighted by molar-refractivity contribution is 5.95. The van der Waals surface area contributed by atoms with E-state index in [1.54, 1.807) is 14.0 Å². The highest BCUT2D eigenvalue weighted by Gasteiger charge is 2.09. The van der Waals surface area contributed by atoms with Crippen LogP contribution in [0, 0.1) is 0 Å². The van der Waals surface area contributed by atoms with Crippen LogP contribution in [0.1, 0.15) is 18.9 Å². The second-order valence-electron chi connectivity index (χ2n) is 5.10. The molecular formula is C16H25N3O3. The molecule has 6 nitrogen and oxygen atoms in total. The Morgan fingerprint density at radius 2 is 1.91 bits per heavy atom.